The summed E-state index contributed by atoms with van der Waals surface area (Å²) in [6.45, 7) is 3.85. The molecule has 0 fully saturated rings. The van der Waals surface area contributed by atoms with Gasteiger partial charge in [-0.15, -0.1) is 5.56 Å². The summed E-state index contributed by atoms with van der Waals surface area (Å²) in [6, 6.07) is 6.08. The molecule has 0 unspecified atom stereocenters. The maximum absolute atomic E-state index is 10.5. The van der Waals surface area contributed by atoms with Gasteiger partial charge in [0.2, 0.25) is 0 Å². The van der Waals surface area contributed by atoms with Crippen molar-refractivity contribution in [1.82, 2.24) is 0 Å². The van der Waals surface area contributed by atoms with Crippen LogP contribution in [-0.4, -0.2) is 6.03 Å². The van der Waals surface area contributed by atoms with Crippen LogP contribution in [0.2, 0.25) is 0 Å². The van der Waals surface area contributed by atoms with Crippen LogP contribution < -0.4 is 11.1 Å². The second-order valence-electron chi connectivity index (χ2n) is 2.70. The van der Waals surface area contributed by atoms with Gasteiger partial charge in [-0.25, -0.2) is 4.79 Å². The molecule has 0 aliphatic heterocycles. The molecule has 0 aliphatic rings. The quantitative estimate of drug-likeness (QED) is 0.745. The van der Waals surface area contributed by atoms with E-state index in [0.29, 0.717) is 5.69 Å². The molecule has 13 heavy (non-hydrogen) atoms. The summed E-state index contributed by atoms with van der Waals surface area (Å²) in [4.78, 5) is 10.5. The summed E-state index contributed by atoms with van der Waals surface area (Å²) in [6.07, 6.45) is 0. The smallest absolute Gasteiger partial charge is 0.361 e. The van der Waals surface area contributed by atoms with Gasteiger partial charge in [0.25, 0.3) is 0 Å². The van der Waals surface area contributed by atoms with Crippen LogP contribution in [0.4, 0.5) is 10.5 Å². The van der Waals surface area contributed by atoms with E-state index in [-0.39, 0.29) is 21.1 Å². The minimum absolute atomic E-state index is 0. The molecule has 0 bridgehead atoms. The van der Waals surface area contributed by atoms with Crippen LogP contribution in [0.1, 0.15) is 11.1 Å². The van der Waals surface area contributed by atoms with Crippen molar-refractivity contribution in [2.75, 3.05) is 5.32 Å². The Labute approximate surface area is 92.0 Å². The van der Waals surface area contributed by atoms with E-state index < -0.39 is 6.03 Å². The molecule has 4 heteroatoms. The molecule has 1 rings (SSSR count). The molecule has 0 heterocycles. The van der Waals surface area contributed by atoms with Crippen LogP contribution in [-0.2, 0) is 21.1 Å². The van der Waals surface area contributed by atoms with Crippen molar-refractivity contribution < 1.29 is 25.9 Å². The van der Waals surface area contributed by atoms with Gasteiger partial charge in [0.15, 0.2) is 0 Å². The SMILES string of the molecule is Cc1[c-]cc(NC(N)=O)c(C)c1.[W+2]. The number of nitrogens with two attached hydrogens (primary N) is 1. The van der Waals surface area contributed by atoms with Crippen molar-refractivity contribution in [2.24, 2.45) is 5.73 Å². The molecule has 0 radical (unpaired) electrons. The Kier molecular flexibility index (Phi) is 4.71. The molecule has 3 N–H and O–H groups in total. The monoisotopic (exact) mass is 347 g/mol. The average molecular weight is 347 g/mol. The van der Waals surface area contributed by atoms with E-state index in [1.54, 1.807) is 6.07 Å². The Morgan fingerprint density at radius 1 is 1.54 bits per heavy atom. The number of carbonyl (C=O) groups excluding carboxylic acids is 1. The van der Waals surface area contributed by atoms with Gasteiger partial charge < -0.3 is 11.1 Å². The molecule has 1 aromatic carbocycles. The first-order valence-electron chi connectivity index (χ1n) is 3.65. The normalized spacial score (nSPS) is 8.77. The van der Waals surface area contributed by atoms with E-state index in [1.165, 1.54) is 0 Å². The van der Waals surface area contributed by atoms with E-state index in [4.69, 9.17) is 5.73 Å². The van der Waals surface area contributed by atoms with E-state index in [1.807, 2.05) is 19.9 Å². The summed E-state index contributed by atoms with van der Waals surface area (Å²) in [5.74, 6) is 0. The third-order valence-corrected chi connectivity index (χ3v) is 1.56. The Hall–Kier alpha value is -0.822. The fourth-order valence-electron chi connectivity index (χ4n) is 1.01. The molecular weight excluding hydrogens is 336 g/mol. The number of hydrogen-bond acceptors (Lipinski definition) is 1. The molecule has 68 valence electrons. The van der Waals surface area contributed by atoms with Crippen LogP contribution >= 0.6 is 0 Å². The fourth-order valence-corrected chi connectivity index (χ4v) is 1.01. The maximum Gasteiger partial charge on any atom is 2.00 e. The van der Waals surface area contributed by atoms with Gasteiger partial charge in [-0.2, -0.15) is 23.8 Å². The first kappa shape index (κ1) is 12.2. The largest absolute Gasteiger partial charge is 2.00 e. The van der Waals surface area contributed by atoms with Crippen molar-refractivity contribution in [2.45, 2.75) is 13.8 Å². The van der Waals surface area contributed by atoms with Crippen molar-refractivity contribution in [1.29, 1.82) is 0 Å². The zero-order valence-corrected chi connectivity index (χ0v) is 10.5. The van der Waals surface area contributed by atoms with Gasteiger partial charge in [0, 0.05) is 0 Å². The van der Waals surface area contributed by atoms with Gasteiger partial charge in [-0.3, -0.25) is 0 Å². The number of amides is 2. The molecule has 0 aromatic heterocycles. The molecule has 3 nitrogen and oxygen atoms in total. The van der Waals surface area contributed by atoms with Crippen LogP contribution in [0, 0.1) is 19.9 Å². The molecule has 0 atom stereocenters. The standard InChI is InChI=1S/C9H11N2O.W/c1-6-3-4-8(7(2)5-6)11-9(10)12;/h4-5H,1-2H3,(H3,10,11,12);/q-1;+2. The minimum atomic E-state index is -0.546. The van der Waals surface area contributed by atoms with Crippen LogP contribution in [0.3, 0.4) is 0 Å². The zero-order chi connectivity index (χ0) is 9.14. The number of nitrogens with one attached hydrogen (secondary N) is 1. The number of urea groups is 1. The number of anilines is 1. The number of rotatable bonds is 1. The maximum atomic E-state index is 10.5. The summed E-state index contributed by atoms with van der Waals surface area (Å²) in [7, 11) is 0. The average Bonchev–Trinajstić information content (AvgIpc) is 1.94. The summed E-state index contributed by atoms with van der Waals surface area (Å²) in [5.41, 5.74) is 7.72. The van der Waals surface area contributed by atoms with Gasteiger partial charge in [-0.1, -0.05) is 19.5 Å². The zero-order valence-electron chi connectivity index (χ0n) is 7.55. The third-order valence-electron chi connectivity index (χ3n) is 1.56. The van der Waals surface area contributed by atoms with Gasteiger partial charge in [0.1, 0.15) is 0 Å². The Bertz CT molecular complexity index is 312. The molecule has 0 spiro atoms. The Morgan fingerprint density at radius 2 is 2.15 bits per heavy atom. The van der Waals surface area contributed by atoms with E-state index in [0.717, 1.165) is 11.1 Å². The Balaban J connectivity index is 0.00000144. The van der Waals surface area contributed by atoms with Crippen LogP contribution in [0.25, 0.3) is 0 Å². The number of hydrogen-bond donors (Lipinski definition) is 2. The first-order chi connectivity index (χ1) is 5.59. The van der Waals surface area contributed by atoms with Crippen molar-refractivity contribution in [3.8, 4) is 0 Å². The van der Waals surface area contributed by atoms with Crippen molar-refractivity contribution in [3.63, 3.8) is 0 Å². The topological polar surface area (TPSA) is 55.1 Å². The van der Waals surface area contributed by atoms with Crippen LogP contribution in [0.5, 0.6) is 0 Å². The van der Waals surface area contributed by atoms with E-state index in [2.05, 4.69) is 11.4 Å². The van der Waals surface area contributed by atoms with Crippen molar-refractivity contribution in [3.05, 3.63) is 29.3 Å². The first-order valence-corrected chi connectivity index (χ1v) is 3.65. The van der Waals surface area contributed by atoms with Gasteiger partial charge in [-0.05, 0) is 0 Å². The molecule has 2 amide bonds. The van der Waals surface area contributed by atoms with Crippen molar-refractivity contribution >= 4 is 11.7 Å². The molecular formula is C9H11N2OW+. The molecule has 0 saturated heterocycles. The second-order valence-corrected chi connectivity index (χ2v) is 2.70. The van der Waals surface area contributed by atoms with Crippen LogP contribution in [0.15, 0.2) is 12.1 Å². The van der Waals surface area contributed by atoms with Gasteiger partial charge >= 0.3 is 27.1 Å². The van der Waals surface area contributed by atoms with E-state index >= 15 is 0 Å². The summed E-state index contributed by atoms with van der Waals surface area (Å²) < 4.78 is 0. The third kappa shape index (κ3) is 3.60. The summed E-state index contributed by atoms with van der Waals surface area (Å²) in [5, 5.41) is 2.51. The Morgan fingerprint density at radius 3 is 2.62 bits per heavy atom. The number of primary amides is 1. The predicted molar refractivity (Wildman–Crippen MR) is 48.0 cm³/mol. The van der Waals surface area contributed by atoms with Gasteiger partial charge in [0.05, 0.1) is 0 Å². The molecule has 1 aromatic rings. The minimum Gasteiger partial charge on any atom is -0.361 e. The predicted octanol–water partition coefficient (Wildman–Crippen LogP) is 1.59. The molecule has 0 saturated carbocycles. The fraction of sp³-hybridized carbons (Fsp3) is 0.222. The second kappa shape index (κ2) is 5.03. The number of benzene rings is 1. The number of carbonyl (C=O) groups is 1. The number of aryl methyl sites for hydroxylation is 2. The molecule has 0 aliphatic carbocycles. The summed E-state index contributed by atoms with van der Waals surface area (Å²) >= 11 is 0. The van der Waals surface area contributed by atoms with E-state index in [9.17, 15) is 4.79 Å².